The summed E-state index contributed by atoms with van der Waals surface area (Å²) in [6, 6.07) is 101. The molecule has 412 valence electrons. The number of hydrogen-bond donors (Lipinski definition) is 0. The van der Waals surface area contributed by atoms with Crippen molar-refractivity contribution >= 4 is 110 Å². The van der Waals surface area contributed by atoms with Crippen molar-refractivity contribution in [2.24, 2.45) is 0 Å². The van der Waals surface area contributed by atoms with Crippen LogP contribution in [0.1, 0.15) is 50.7 Å². The Kier molecular flexibility index (Phi) is 12.1. The van der Waals surface area contributed by atoms with Crippen LogP contribution in [-0.2, 0) is 0 Å². The molecule has 0 aliphatic carbocycles. The smallest absolute Gasteiger partial charge is 0.135 e. The molecule has 0 fully saturated rings. The van der Waals surface area contributed by atoms with E-state index >= 15 is 0 Å². The van der Waals surface area contributed by atoms with E-state index in [1.165, 1.54) is 43.4 Å². The Morgan fingerprint density at radius 3 is 1.00 bits per heavy atom. The fourth-order valence-corrected chi connectivity index (χ4v) is 13.1. The molecule has 4 heterocycles. The maximum absolute atomic E-state index is 6.34. The van der Waals surface area contributed by atoms with Crippen LogP contribution in [0.3, 0.4) is 0 Å². The summed E-state index contributed by atoms with van der Waals surface area (Å²) in [6.07, 6.45) is 0. The lowest BCUT2D eigenvalue weighted by Crippen LogP contribution is -2.10. The third-order valence-corrected chi connectivity index (χ3v) is 17.5. The van der Waals surface area contributed by atoms with E-state index in [-0.39, 0.29) is 0 Å². The first kappa shape index (κ1) is 50.9. The lowest BCUT2D eigenvalue weighted by Gasteiger charge is -2.26. The third-order valence-electron chi connectivity index (χ3n) is 17.5. The molecule has 0 saturated carbocycles. The summed E-state index contributed by atoms with van der Waals surface area (Å²) in [5.74, 6) is 2.53. The fraction of sp³-hybridized carbons (Fsp3) is 0.0750. The van der Waals surface area contributed by atoms with Crippen LogP contribution in [0.5, 0.6) is 0 Å². The highest BCUT2D eigenvalue weighted by Crippen LogP contribution is 2.47. The Hall–Kier alpha value is -10.8. The van der Waals surface area contributed by atoms with Gasteiger partial charge in [-0.15, -0.1) is 0 Å². The number of hydrogen-bond acceptors (Lipinski definition) is 4. The van der Waals surface area contributed by atoms with Gasteiger partial charge in [0.2, 0.25) is 0 Å². The van der Waals surface area contributed by atoms with Crippen LogP contribution in [0.4, 0.5) is 34.1 Å². The molecule has 0 aliphatic heterocycles. The van der Waals surface area contributed by atoms with E-state index in [2.05, 4.69) is 301 Å². The lowest BCUT2D eigenvalue weighted by molar-refractivity contribution is 0.631. The van der Waals surface area contributed by atoms with Gasteiger partial charge in [-0.3, -0.25) is 0 Å². The van der Waals surface area contributed by atoms with Crippen LogP contribution in [0.25, 0.3) is 110 Å². The van der Waals surface area contributed by atoms with Crippen molar-refractivity contribution in [3.8, 4) is 34.0 Å². The van der Waals surface area contributed by atoms with Gasteiger partial charge in [-0.05, 0) is 191 Å². The number of nitrogens with zero attached hydrogens (tertiary/aromatic N) is 4. The predicted molar refractivity (Wildman–Crippen MR) is 361 cm³/mol. The van der Waals surface area contributed by atoms with Crippen molar-refractivity contribution in [3.63, 3.8) is 0 Å². The lowest BCUT2D eigenvalue weighted by atomic mass is 9.99. The molecule has 0 saturated heterocycles. The molecule has 0 bridgehead atoms. The molecule has 0 radical (unpaired) electrons. The summed E-state index contributed by atoms with van der Waals surface area (Å²) in [5, 5.41) is 9.41. The maximum Gasteiger partial charge on any atom is 0.135 e. The highest BCUT2D eigenvalue weighted by atomic mass is 16.3. The summed E-state index contributed by atoms with van der Waals surface area (Å²) in [5.41, 5.74) is 19.6. The van der Waals surface area contributed by atoms with Gasteiger partial charge in [0.15, 0.2) is 0 Å². The molecular weight excluding hydrogens is 1050 g/mol. The molecule has 16 aromatic rings. The molecular formula is C80H60N4O2. The van der Waals surface area contributed by atoms with Crippen LogP contribution in [0.15, 0.2) is 288 Å². The van der Waals surface area contributed by atoms with Crippen molar-refractivity contribution in [2.75, 3.05) is 9.80 Å². The maximum atomic E-state index is 6.34. The van der Waals surface area contributed by atoms with Crippen LogP contribution < -0.4 is 9.80 Å². The first-order valence-corrected chi connectivity index (χ1v) is 29.9. The first-order chi connectivity index (χ1) is 42.3. The largest absolute Gasteiger partial charge is 0.456 e. The summed E-state index contributed by atoms with van der Waals surface area (Å²) >= 11 is 0. The molecule has 0 spiro atoms. The zero-order valence-corrected chi connectivity index (χ0v) is 48.3. The van der Waals surface area contributed by atoms with E-state index < -0.39 is 0 Å². The number of benzene rings is 12. The molecule has 0 atom stereocenters. The minimum atomic E-state index is 0.412. The number of anilines is 6. The van der Waals surface area contributed by atoms with Crippen LogP contribution in [0.2, 0.25) is 0 Å². The average Bonchev–Trinajstić information content (AvgIpc) is 3.59. The summed E-state index contributed by atoms with van der Waals surface area (Å²) in [7, 11) is 0. The minimum absolute atomic E-state index is 0.412. The molecule has 0 amide bonds. The molecule has 0 aliphatic rings. The highest BCUT2D eigenvalue weighted by Gasteiger charge is 2.24. The average molecular weight is 1110 g/mol. The van der Waals surface area contributed by atoms with Gasteiger partial charge in [-0.25, -0.2) is 0 Å². The second-order valence-electron chi connectivity index (χ2n) is 23.3. The summed E-state index contributed by atoms with van der Waals surface area (Å²) in [4.78, 5) is 4.76. The zero-order chi connectivity index (χ0) is 57.6. The number of rotatable bonds is 12. The number of furan rings is 2. The third kappa shape index (κ3) is 8.55. The zero-order valence-electron chi connectivity index (χ0n) is 48.3. The SMILES string of the molecule is CC(C)c1ccc(N(c2ccc(-c3cc4ccccc4o3)cc2)c2ccc3c4c5ccc6c(c5ccc4n(-c4ccccc4)c3c2)c2ccc(N(c3ccc(-c4cc5ccccc5o4)cc3)c3ccc(C(C)C)cc3)cc2n6-c2ccccc2)cc1. The van der Waals surface area contributed by atoms with E-state index in [0.29, 0.717) is 11.8 Å². The molecule has 6 nitrogen and oxygen atoms in total. The van der Waals surface area contributed by atoms with E-state index in [1.807, 2.05) is 24.3 Å². The molecule has 0 unspecified atom stereocenters. The highest BCUT2D eigenvalue weighted by molar-refractivity contribution is 6.30. The first-order valence-electron chi connectivity index (χ1n) is 29.9. The standard InChI is InChI=1S/C80H60N4O2/c1-51(2)53-23-31-61(32-24-53)81(63-35-27-55(28-36-63)77-47-57-15-11-13-21-75(57)85-77)65-39-41-69-73(49-65)83(59-17-7-5-8-18-59)71-45-43-68-67(79(69)71)44-46-72-80(68)70-42-40-66(50-74(70)84(72)60-19-9-6-10-20-60)82(62-33-25-54(26-34-62)52(3)4)64-37-29-56(30-38-64)78-48-58-16-12-14-22-76(58)86-78/h5-52H,1-4H3. The Bertz CT molecular complexity index is 4810. The Morgan fingerprint density at radius 1 is 0.291 bits per heavy atom. The molecule has 86 heavy (non-hydrogen) atoms. The van der Waals surface area contributed by atoms with E-state index in [0.717, 1.165) is 112 Å². The molecule has 6 heteroatoms. The number of para-hydroxylation sites is 4. The van der Waals surface area contributed by atoms with Crippen molar-refractivity contribution in [2.45, 2.75) is 39.5 Å². The van der Waals surface area contributed by atoms with Gasteiger partial charge in [0.1, 0.15) is 22.7 Å². The van der Waals surface area contributed by atoms with Gasteiger partial charge in [-0.1, -0.05) is 149 Å². The summed E-state index contributed by atoms with van der Waals surface area (Å²) in [6.45, 7) is 9.00. The van der Waals surface area contributed by atoms with Crippen LogP contribution >= 0.6 is 0 Å². The summed E-state index contributed by atoms with van der Waals surface area (Å²) < 4.78 is 17.6. The quantitative estimate of drug-likeness (QED) is 0.122. The second kappa shape index (κ2) is 20.5. The normalized spacial score (nSPS) is 11.9. The van der Waals surface area contributed by atoms with Gasteiger partial charge >= 0.3 is 0 Å². The Balaban J connectivity index is 0.874. The Labute approximate surface area is 499 Å². The van der Waals surface area contributed by atoms with Gasteiger partial charge in [0.05, 0.1) is 22.1 Å². The molecule has 16 rings (SSSR count). The molecule has 0 N–H and O–H groups in total. The van der Waals surface area contributed by atoms with Crippen LogP contribution in [0, 0.1) is 0 Å². The predicted octanol–water partition coefficient (Wildman–Crippen LogP) is 23.0. The monoisotopic (exact) mass is 1110 g/mol. The minimum Gasteiger partial charge on any atom is -0.456 e. The number of fused-ring (bicyclic) bond motifs is 11. The van der Waals surface area contributed by atoms with Gasteiger partial charge in [0.25, 0.3) is 0 Å². The Morgan fingerprint density at radius 2 is 0.628 bits per heavy atom. The van der Waals surface area contributed by atoms with Crippen molar-refractivity contribution < 1.29 is 8.83 Å². The van der Waals surface area contributed by atoms with Gasteiger partial charge < -0.3 is 27.8 Å². The van der Waals surface area contributed by atoms with E-state index in [1.54, 1.807) is 0 Å². The van der Waals surface area contributed by atoms with Gasteiger partial charge in [-0.2, -0.15) is 0 Å². The van der Waals surface area contributed by atoms with Crippen LogP contribution in [-0.4, -0.2) is 9.13 Å². The van der Waals surface area contributed by atoms with Crippen molar-refractivity contribution in [1.82, 2.24) is 9.13 Å². The van der Waals surface area contributed by atoms with E-state index in [4.69, 9.17) is 8.83 Å². The van der Waals surface area contributed by atoms with Crippen molar-refractivity contribution in [1.29, 1.82) is 0 Å². The second-order valence-corrected chi connectivity index (χ2v) is 23.3. The molecule has 12 aromatic carbocycles. The number of aromatic nitrogens is 2. The molecule has 4 aromatic heterocycles. The van der Waals surface area contributed by atoms with Gasteiger partial charge in [0, 0.05) is 88.9 Å². The fourth-order valence-electron chi connectivity index (χ4n) is 13.1. The van der Waals surface area contributed by atoms with E-state index in [9.17, 15) is 0 Å². The van der Waals surface area contributed by atoms with Crippen molar-refractivity contribution in [3.05, 3.63) is 290 Å². The topological polar surface area (TPSA) is 42.6 Å².